The first-order valence-corrected chi connectivity index (χ1v) is 44.0. The summed E-state index contributed by atoms with van der Waals surface area (Å²) in [6, 6.07) is -2.02. The van der Waals surface area contributed by atoms with Crippen LogP contribution < -0.4 is 80.4 Å². The number of phosphoric ester groups is 2. The van der Waals surface area contributed by atoms with E-state index in [1.165, 1.54) is 38.5 Å². The Hall–Kier alpha value is -1.72. The van der Waals surface area contributed by atoms with Gasteiger partial charge in [0.25, 0.3) is 11.8 Å². The van der Waals surface area contributed by atoms with Crippen LogP contribution in [0.15, 0.2) is 24.3 Å². The number of unbranched alkanes of at least 4 members (excludes halogenated alkanes) is 26. The Morgan fingerprint density at radius 3 is 0.991 bits per heavy atom. The molecule has 0 aromatic rings. The van der Waals surface area contributed by atoms with E-state index in [9.17, 15) is 68.1 Å². The van der Waals surface area contributed by atoms with E-state index in [4.69, 9.17) is 37.0 Å². The topological polar surface area (TPSA) is 380 Å². The van der Waals surface area contributed by atoms with Crippen molar-refractivity contribution >= 4 is 51.2 Å². The number of carbonyl (C=O) groups is 6. The summed E-state index contributed by atoms with van der Waals surface area (Å²) in [7, 11) is -9.82. The normalized spacial score (nSPS) is 15.0. The summed E-state index contributed by atoms with van der Waals surface area (Å²) < 4.78 is 70.3. The first kappa shape index (κ1) is 110. The average Bonchev–Trinajstić information content (AvgIpc) is 0.898. The molecule has 0 aromatic heterocycles. The van der Waals surface area contributed by atoms with E-state index >= 15 is 0 Å². The van der Waals surface area contributed by atoms with Crippen LogP contribution in [0.3, 0.4) is 0 Å². The quantitative estimate of drug-likeness (QED) is 0.00898. The molecular weight excluding hydrogens is 1450 g/mol. The molecule has 108 heavy (non-hydrogen) atoms. The van der Waals surface area contributed by atoms with Gasteiger partial charge in [0.2, 0.25) is 11.8 Å². The number of rotatable bonds is 77. The van der Waals surface area contributed by atoms with Gasteiger partial charge in [-0.1, -0.05) is 220 Å². The number of allylic oxidation sites excluding steroid dienone is 4. The van der Waals surface area contributed by atoms with Gasteiger partial charge in [0, 0.05) is 39.1 Å². The zero-order valence-corrected chi connectivity index (χ0v) is 74.0. The molecule has 0 bridgehead atoms. The van der Waals surface area contributed by atoms with Gasteiger partial charge < -0.3 is 73.3 Å². The minimum atomic E-state index is -4.91. The smallest absolute Gasteiger partial charge is 1.00 e. The van der Waals surface area contributed by atoms with Crippen molar-refractivity contribution in [2.45, 2.75) is 373 Å². The zero-order valence-electron chi connectivity index (χ0n) is 70.2. The van der Waals surface area contributed by atoms with Crippen molar-refractivity contribution in [1.29, 1.82) is 0 Å². The predicted octanol–water partition coefficient (Wildman–Crippen LogP) is 8.39. The van der Waals surface area contributed by atoms with Crippen LogP contribution in [-0.2, 0) is 74.9 Å². The van der Waals surface area contributed by atoms with Crippen molar-refractivity contribution in [3.63, 3.8) is 0 Å². The molecule has 0 aliphatic carbocycles. The molecule has 10 atom stereocenters. The van der Waals surface area contributed by atoms with E-state index in [0.29, 0.717) is 51.4 Å². The molecule has 4 amide bonds. The molecule has 0 fully saturated rings. The second kappa shape index (κ2) is 76.6. The molecule has 0 aromatic carbocycles. The zero-order chi connectivity index (χ0) is 78.6. The summed E-state index contributed by atoms with van der Waals surface area (Å²) in [6.07, 6.45) is 37.6. The molecule has 30 heteroatoms. The Labute approximate surface area is 697 Å². The van der Waals surface area contributed by atoms with Crippen molar-refractivity contribution in [2.75, 3.05) is 65.9 Å². The number of hydrogen-bond acceptors (Lipinski definition) is 20. The van der Waals surface area contributed by atoms with Crippen molar-refractivity contribution in [3.05, 3.63) is 24.3 Å². The second-order valence-corrected chi connectivity index (χ2v) is 31.0. The third-order valence-corrected chi connectivity index (χ3v) is 19.8. The molecule has 0 heterocycles. The number of esters is 2. The van der Waals surface area contributed by atoms with Crippen LogP contribution in [0, 0.1) is 0 Å². The molecule has 0 aliphatic heterocycles. The molecule has 0 aliphatic rings. The Balaban J connectivity index is -0.00000919. The van der Waals surface area contributed by atoms with Gasteiger partial charge in [-0.15, -0.1) is 0 Å². The number of amides is 4. The molecule has 0 saturated carbocycles. The van der Waals surface area contributed by atoms with Crippen LogP contribution in [0.4, 0.5) is 0 Å². The SMILES string of the molecule is CCCCCC/C=C\CCCC(=O)O[C@H](CCCCCCC)CC(=O)NC(COCC[C@H](O)CCCCCCC)COP(=O)(O)OCCNC(=O)[C@@H](O)[C@H](O)C(=O)NCCOP(=O)(O)OCC(COCC[C@H](O)CCCCCCC)NC(=O)C[C@@H](CCCCCCC)OC(=O)CCC/C=C\CCCCCC.[H-].[H-].[Na+].[Na+]. The Kier molecular flexibility index (Phi) is 78.3. The number of carbonyl (C=O) groups excluding carboxylic acids is 6. The monoisotopic (exact) mass is 1600 g/mol. The number of hydrogen-bond donors (Lipinski definition) is 10. The maximum Gasteiger partial charge on any atom is 1.00 e. The molecule has 4 unspecified atom stereocenters. The average molecular weight is 1600 g/mol. The summed E-state index contributed by atoms with van der Waals surface area (Å²) in [6.45, 7) is 9.09. The van der Waals surface area contributed by atoms with Crippen molar-refractivity contribution in [3.8, 4) is 0 Å². The summed E-state index contributed by atoms with van der Waals surface area (Å²) in [5.41, 5.74) is 0. The number of aliphatic hydroxyl groups is 4. The van der Waals surface area contributed by atoms with Crippen LogP contribution in [0.25, 0.3) is 0 Å². The van der Waals surface area contributed by atoms with Gasteiger partial charge in [-0.25, -0.2) is 9.13 Å². The van der Waals surface area contributed by atoms with Gasteiger partial charge in [-0.2, -0.15) is 0 Å². The van der Waals surface area contributed by atoms with Crippen LogP contribution in [-0.4, -0.2) is 180 Å². The molecule has 0 rings (SSSR count). The number of aliphatic hydroxyl groups excluding tert-OH is 4. The van der Waals surface area contributed by atoms with Crippen LogP contribution in [0.5, 0.6) is 0 Å². The van der Waals surface area contributed by atoms with E-state index in [-0.39, 0.29) is 114 Å². The Morgan fingerprint density at radius 2 is 0.667 bits per heavy atom. The molecule has 0 radical (unpaired) electrons. The first-order valence-electron chi connectivity index (χ1n) is 41.0. The maximum atomic E-state index is 13.7. The van der Waals surface area contributed by atoms with Crippen LogP contribution >= 0.6 is 15.6 Å². The fourth-order valence-electron chi connectivity index (χ4n) is 11.4. The predicted molar refractivity (Wildman–Crippen MR) is 416 cm³/mol. The fourth-order valence-corrected chi connectivity index (χ4v) is 13.0. The third-order valence-electron chi connectivity index (χ3n) is 17.8. The Morgan fingerprint density at radius 1 is 0.370 bits per heavy atom. The summed E-state index contributed by atoms with van der Waals surface area (Å²) in [5.74, 6) is -4.42. The van der Waals surface area contributed by atoms with Gasteiger partial charge in [0.1, 0.15) is 12.2 Å². The van der Waals surface area contributed by atoms with E-state index in [0.717, 1.165) is 167 Å². The standard InChI is InChI=1S/C78H148N4O22P2.2Na.2H/c1-7-13-19-25-27-29-31-37-43-49-73(87)103-69(47-41-35-23-17-11-5)59-71(85)81-65(61-97-55-51-67(83)45-39-33-21-15-9-3)63-101-105(93,94)99-57-53-79-77(91)75(89)76(90)78(92)80-54-58-100-106(95,96)102-64-66(62-98-56-52-68(84)46-40-34-22-16-10-4)82-72(86)60-70(48-42-36-24-18-12-6)104-74(88)50-44-38-32-30-28-26-20-14-8-2;;;;/h29-32,65-70,75-76,83-84,89-90H,7-28,33-64H2,1-6H3,(H,79,91)(H,80,92)(H,81,85)(H,82,86)(H,93,94)(H,95,96);;;;/q;2*+1;2*-1/b31-29-,32-30-;;;;/t65?,66?,67-,68-,69-,70-,75+,76+;;;;/m1..../s1. The molecular formula is C78H150N4Na2O22P2. The fraction of sp³-hybridized carbons (Fsp3) is 0.872. The minimum Gasteiger partial charge on any atom is -1.00 e. The van der Waals surface area contributed by atoms with Crippen molar-refractivity contribution in [1.82, 2.24) is 21.3 Å². The van der Waals surface area contributed by atoms with Gasteiger partial charge >= 0.3 is 86.7 Å². The minimum absolute atomic E-state index is 0. The van der Waals surface area contributed by atoms with Gasteiger partial charge in [0.15, 0.2) is 12.2 Å². The third kappa shape index (κ3) is 69.8. The molecule has 26 nitrogen and oxygen atoms in total. The molecule has 0 saturated heterocycles. The van der Waals surface area contributed by atoms with E-state index < -0.39 is 139 Å². The Bertz CT molecular complexity index is 2220. The first-order chi connectivity index (χ1) is 51.0. The second-order valence-electron chi connectivity index (χ2n) is 28.1. The number of nitrogens with one attached hydrogen (secondary N) is 4. The molecule has 626 valence electrons. The van der Waals surface area contributed by atoms with Crippen LogP contribution in [0.1, 0.15) is 327 Å². The molecule has 10 N–H and O–H groups in total. The van der Waals surface area contributed by atoms with E-state index in [1.807, 2.05) is 0 Å². The van der Waals surface area contributed by atoms with E-state index in [1.54, 1.807) is 0 Å². The van der Waals surface area contributed by atoms with Gasteiger partial charge in [-0.05, 0) is 103 Å². The summed E-state index contributed by atoms with van der Waals surface area (Å²) in [4.78, 5) is 100. The molecule has 0 spiro atoms. The van der Waals surface area contributed by atoms with Gasteiger partial charge in [-0.3, -0.25) is 46.9 Å². The number of ether oxygens (including phenoxy) is 4. The van der Waals surface area contributed by atoms with Crippen LogP contribution in [0.2, 0.25) is 0 Å². The van der Waals surface area contributed by atoms with E-state index in [2.05, 4.69) is 87.1 Å². The summed E-state index contributed by atoms with van der Waals surface area (Å²) >= 11 is 0. The summed E-state index contributed by atoms with van der Waals surface area (Å²) in [5, 5.41) is 52.2. The van der Waals surface area contributed by atoms with Crippen molar-refractivity contribution < 1.29 is 167 Å². The van der Waals surface area contributed by atoms with Gasteiger partial charge in [0.05, 0.1) is 76.8 Å². The maximum absolute atomic E-state index is 13.7. The largest absolute Gasteiger partial charge is 1.00 e. The number of phosphoric acid groups is 2. The van der Waals surface area contributed by atoms with Crippen molar-refractivity contribution in [2.24, 2.45) is 0 Å².